The van der Waals surface area contributed by atoms with Crippen LogP contribution in [0.5, 0.6) is 0 Å². The smallest absolute Gasteiger partial charge is 0.193 e. The van der Waals surface area contributed by atoms with Gasteiger partial charge in [-0.2, -0.15) is 0 Å². The first-order valence-corrected chi connectivity index (χ1v) is 6.97. The van der Waals surface area contributed by atoms with E-state index < -0.39 is 0 Å². The van der Waals surface area contributed by atoms with Gasteiger partial charge in [0.2, 0.25) is 0 Å². The topological polar surface area (TPSA) is 58.7 Å². The van der Waals surface area contributed by atoms with Crippen molar-refractivity contribution in [3.8, 4) is 0 Å². The lowest BCUT2D eigenvalue weighted by Crippen LogP contribution is -2.26. The summed E-state index contributed by atoms with van der Waals surface area (Å²) in [5.74, 6) is 0.201. The van der Waals surface area contributed by atoms with E-state index in [9.17, 15) is 0 Å². The van der Waals surface area contributed by atoms with Crippen LogP contribution in [0.25, 0.3) is 10.9 Å². The number of amidine groups is 1. The second-order valence-electron chi connectivity index (χ2n) is 5.41. The molecule has 0 radical (unpaired) electrons. The summed E-state index contributed by atoms with van der Waals surface area (Å²) >= 11 is 0. The van der Waals surface area contributed by atoms with Gasteiger partial charge in [0.25, 0.3) is 0 Å². The molecule has 2 aromatic heterocycles. The van der Waals surface area contributed by atoms with Gasteiger partial charge in [0, 0.05) is 30.6 Å². The summed E-state index contributed by atoms with van der Waals surface area (Å²) in [4.78, 5) is 0. The predicted octanol–water partition coefficient (Wildman–Crippen LogP) is 1.99. The number of benzene rings is 1. The average Bonchev–Trinajstić information content (AvgIpc) is 2.83. The molecular formula is C17H19N4+. The van der Waals surface area contributed by atoms with E-state index in [2.05, 4.69) is 52.0 Å². The van der Waals surface area contributed by atoms with E-state index in [0.29, 0.717) is 6.42 Å². The molecular weight excluding hydrogens is 260 g/mol. The van der Waals surface area contributed by atoms with E-state index in [1.165, 1.54) is 16.5 Å². The zero-order chi connectivity index (χ0) is 14.8. The summed E-state index contributed by atoms with van der Waals surface area (Å²) < 4.78 is 4.31. The van der Waals surface area contributed by atoms with Crippen molar-refractivity contribution in [2.24, 2.45) is 12.8 Å². The van der Waals surface area contributed by atoms with Gasteiger partial charge in [-0.15, -0.1) is 0 Å². The molecule has 3 N–H and O–H groups in total. The first-order valence-electron chi connectivity index (χ1n) is 6.97. The van der Waals surface area contributed by atoms with Crippen molar-refractivity contribution in [2.75, 3.05) is 0 Å². The van der Waals surface area contributed by atoms with E-state index in [1.807, 2.05) is 19.2 Å². The molecule has 0 saturated heterocycles. The van der Waals surface area contributed by atoms with Crippen LogP contribution in [-0.2, 0) is 20.0 Å². The highest BCUT2D eigenvalue weighted by atomic mass is 15.0. The van der Waals surface area contributed by atoms with Crippen LogP contribution in [-0.4, -0.2) is 10.4 Å². The molecule has 0 fully saturated rings. The third kappa shape index (κ3) is 2.94. The average molecular weight is 279 g/mol. The molecule has 0 amide bonds. The normalized spacial score (nSPS) is 10.9. The Balaban J connectivity index is 1.85. The predicted molar refractivity (Wildman–Crippen MR) is 84.3 cm³/mol. The molecule has 0 aliphatic rings. The molecule has 2 heterocycles. The molecule has 0 aliphatic carbocycles. The van der Waals surface area contributed by atoms with Gasteiger partial charge in [-0.1, -0.05) is 24.3 Å². The number of nitrogens with one attached hydrogen (secondary N) is 1. The fourth-order valence-corrected chi connectivity index (χ4v) is 2.54. The Morgan fingerprint density at radius 2 is 1.86 bits per heavy atom. The summed E-state index contributed by atoms with van der Waals surface area (Å²) in [5.41, 5.74) is 8.98. The van der Waals surface area contributed by atoms with Crippen LogP contribution >= 0.6 is 0 Å². The highest BCUT2D eigenvalue weighted by molar-refractivity contribution is 5.79. The monoisotopic (exact) mass is 279 g/mol. The Kier molecular flexibility index (Phi) is 3.44. The van der Waals surface area contributed by atoms with E-state index in [0.717, 1.165) is 12.1 Å². The Labute approximate surface area is 124 Å². The SMILES string of the molecule is C[n+]1ccc2ccn(Cc3ccc(CC(=N)N)cc3)c2c1. The maximum atomic E-state index is 7.33. The van der Waals surface area contributed by atoms with Crippen molar-refractivity contribution >= 4 is 16.7 Å². The van der Waals surface area contributed by atoms with Gasteiger partial charge in [0.15, 0.2) is 12.4 Å². The zero-order valence-corrected chi connectivity index (χ0v) is 12.1. The molecule has 0 bridgehead atoms. The Bertz CT molecular complexity index is 784. The lowest BCUT2D eigenvalue weighted by molar-refractivity contribution is -0.670. The molecule has 3 aromatic rings. The molecule has 4 heteroatoms. The van der Waals surface area contributed by atoms with E-state index in [4.69, 9.17) is 11.1 Å². The fraction of sp³-hybridized carbons (Fsp3) is 0.176. The molecule has 4 nitrogen and oxygen atoms in total. The first-order chi connectivity index (χ1) is 10.1. The van der Waals surface area contributed by atoms with E-state index in [1.54, 1.807) is 0 Å². The van der Waals surface area contributed by atoms with Crippen LogP contribution in [0.15, 0.2) is 55.0 Å². The standard InChI is InChI=1S/C17H19N4/c1-20-8-6-15-7-9-21(16(15)12-20)11-14-4-2-13(3-5-14)10-17(18)19/h2-9,12H,10-11H2,1H3,(H3,18,19)/q+1. The maximum absolute atomic E-state index is 7.33. The van der Waals surface area contributed by atoms with Crippen LogP contribution < -0.4 is 10.3 Å². The highest BCUT2D eigenvalue weighted by Gasteiger charge is 2.06. The van der Waals surface area contributed by atoms with Crippen LogP contribution in [0.1, 0.15) is 11.1 Å². The second kappa shape index (κ2) is 5.40. The molecule has 0 atom stereocenters. The molecule has 0 aliphatic heterocycles. The van der Waals surface area contributed by atoms with Gasteiger partial charge in [-0.3, -0.25) is 5.41 Å². The Hall–Kier alpha value is -2.62. The summed E-state index contributed by atoms with van der Waals surface area (Å²) in [5, 5.41) is 8.58. The number of aryl methyl sites for hydroxylation is 1. The number of rotatable bonds is 4. The van der Waals surface area contributed by atoms with E-state index >= 15 is 0 Å². The van der Waals surface area contributed by atoms with Gasteiger partial charge in [0.1, 0.15) is 12.6 Å². The number of hydrogen-bond donors (Lipinski definition) is 2. The van der Waals surface area contributed by atoms with Gasteiger partial charge in [0.05, 0.1) is 5.84 Å². The van der Waals surface area contributed by atoms with Crippen LogP contribution in [0.3, 0.4) is 0 Å². The van der Waals surface area contributed by atoms with Gasteiger partial charge >= 0.3 is 0 Å². The third-order valence-electron chi connectivity index (χ3n) is 3.62. The molecule has 0 spiro atoms. The summed E-state index contributed by atoms with van der Waals surface area (Å²) in [6, 6.07) is 12.6. The molecule has 0 unspecified atom stereocenters. The number of fused-ring (bicyclic) bond motifs is 1. The number of hydrogen-bond acceptors (Lipinski definition) is 1. The van der Waals surface area contributed by atoms with Crippen LogP contribution in [0.2, 0.25) is 0 Å². The van der Waals surface area contributed by atoms with Crippen molar-refractivity contribution in [2.45, 2.75) is 13.0 Å². The minimum absolute atomic E-state index is 0.201. The molecule has 0 saturated carbocycles. The minimum atomic E-state index is 0.201. The van der Waals surface area contributed by atoms with Crippen molar-refractivity contribution in [1.82, 2.24) is 4.57 Å². The Morgan fingerprint density at radius 3 is 2.57 bits per heavy atom. The number of aromatic nitrogens is 2. The largest absolute Gasteiger partial charge is 0.387 e. The van der Waals surface area contributed by atoms with Crippen LogP contribution in [0.4, 0.5) is 0 Å². The molecule has 106 valence electrons. The van der Waals surface area contributed by atoms with Crippen LogP contribution in [0, 0.1) is 5.41 Å². The van der Waals surface area contributed by atoms with Gasteiger partial charge < -0.3 is 10.3 Å². The Morgan fingerprint density at radius 1 is 1.14 bits per heavy atom. The second-order valence-corrected chi connectivity index (χ2v) is 5.41. The van der Waals surface area contributed by atoms with E-state index in [-0.39, 0.29) is 5.84 Å². The lowest BCUT2D eigenvalue weighted by Gasteiger charge is -2.06. The van der Waals surface area contributed by atoms with Crippen molar-refractivity contribution in [1.29, 1.82) is 5.41 Å². The summed E-state index contributed by atoms with van der Waals surface area (Å²) in [6.07, 6.45) is 6.83. The highest BCUT2D eigenvalue weighted by Crippen LogP contribution is 2.15. The first kappa shape index (κ1) is 13.4. The molecule has 1 aromatic carbocycles. The number of pyridine rings is 1. The number of nitrogens with two attached hydrogens (primary N) is 1. The zero-order valence-electron chi connectivity index (χ0n) is 12.1. The quantitative estimate of drug-likeness (QED) is 0.428. The lowest BCUT2D eigenvalue weighted by atomic mass is 10.1. The summed E-state index contributed by atoms with van der Waals surface area (Å²) in [7, 11) is 2.04. The van der Waals surface area contributed by atoms with Crippen molar-refractivity contribution < 1.29 is 4.57 Å². The molecule has 3 rings (SSSR count). The van der Waals surface area contributed by atoms with Crippen molar-refractivity contribution in [3.05, 3.63) is 66.1 Å². The van der Waals surface area contributed by atoms with Gasteiger partial charge in [-0.25, -0.2) is 4.57 Å². The molecule has 21 heavy (non-hydrogen) atoms. The fourth-order valence-electron chi connectivity index (χ4n) is 2.54. The third-order valence-corrected chi connectivity index (χ3v) is 3.62. The van der Waals surface area contributed by atoms with Crippen molar-refractivity contribution in [3.63, 3.8) is 0 Å². The maximum Gasteiger partial charge on any atom is 0.193 e. The number of nitrogens with zero attached hydrogens (tertiary/aromatic N) is 2. The van der Waals surface area contributed by atoms with Gasteiger partial charge in [-0.05, 0) is 17.2 Å². The minimum Gasteiger partial charge on any atom is -0.387 e. The summed E-state index contributed by atoms with van der Waals surface area (Å²) in [6.45, 7) is 0.841.